The number of halogens is 1. The van der Waals surface area contributed by atoms with E-state index in [2.05, 4.69) is 35.9 Å². The molecule has 0 unspecified atom stereocenters. The number of rotatable bonds is 9. The summed E-state index contributed by atoms with van der Waals surface area (Å²) in [5.74, 6) is -1.92. The molecule has 2 aromatic carbocycles. The van der Waals surface area contributed by atoms with Crippen molar-refractivity contribution < 1.29 is 23.8 Å². The van der Waals surface area contributed by atoms with Crippen LogP contribution < -0.4 is 5.56 Å². The van der Waals surface area contributed by atoms with Crippen LogP contribution in [0.15, 0.2) is 47.8 Å². The van der Waals surface area contributed by atoms with Crippen LogP contribution in [0.2, 0.25) is 25.7 Å². The van der Waals surface area contributed by atoms with E-state index in [9.17, 15) is 14.7 Å². The van der Waals surface area contributed by atoms with Gasteiger partial charge in [0.25, 0.3) is 5.56 Å². The van der Waals surface area contributed by atoms with Crippen molar-refractivity contribution >= 4 is 25.1 Å². The Balaban J connectivity index is 2.22. The number of allylic oxidation sites excluding steroid dienone is 1. The summed E-state index contributed by atoms with van der Waals surface area (Å²) in [4.78, 5) is 29.8. The molecular formula is C25H29FN2O5Si. The molecule has 34 heavy (non-hydrogen) atoms. The van der Waals surface area contributed by atoms with E-state index in [1.54, 1.807) is 18.2 Å². The molecule has 0 aliphatic carbocycles. The number of phenols is 1. The summed E-state index contributed by atoms with van der Waals surface area (Å²) in [7, 11) is -0.202. The summed E-state index contributed by atoms with van der Waals surface area (Å²) in [6, 6.07) is 8.34. The van der Waals surface area contributed by atoms with Crippen LogP contribution in [0.25, 0.3) is 22.3 Å². The van der Waals surface area contributed by atoms with Crippen molar-refractivity contribution in [3.63, 3.8) is 0 Å². The third-order valence-electron chi connectivity index (χ3n) is 5.42. The number of aromatic hydroxyl groups is 1. The highest BCUT2D eigenvalue weighted by Gasteiger charge is 2.23. The van der Waals surface area contributed by atoms with Gasteiger partial charge < -0.3 is 14.6 Å². The van der Waals surface area contributed by atoms with Crippen LogP contribution in [0.1, 0.15) is 15.9 Å². The second-order valence-corrected chi connectivity index (χ2v) is 14.8. The lowest BCUT2D eigenvalue weighted by molar-refractivity contribution is 0.0595. The molecule has 0 saturated heterocycles. The highest BCUT2D eigenvalue weighted by molar-refractivity contribution is 6.76. The number of aromatic nitrogens is 2. The zero-order chi connectivity index (χ0) is 25.0. The van der Waals surface area contributed by atoms with Crippen molar-refractivity contribution in [1.82, 2.24) is 9.55 Å². The van der Waals surface area contributed by atoms with Gasteiger partial charge >= 0.3 is 5.97 Å². The van der Waals surface area contributed by atoms with E-state index < -0.39 is 25.4 Å². The van der Waals surface area contributed by atoms with Gasteiger partial charge in [-0.1, -0.05) is 37.8 Å². The van der Waals surface area contributed by atoms with E-state index in [1.807, 2.05) is 0 Å². The molecule has 0 amide bonds. The van der Waals surface area contributed by atoms with Crippen molar-refractivity contribution in [2.45, 2.75) is 38.8 Å². The van der Waals surface area contributed by atoms with Crippen molar-refractivity contribution in [3.05, 3.63) is 70.3 Å². The van der Waals surface area contributed by atoms with Gasteiger partial charge in [0.05, 0.1) is 18.2 Å². The molecule has 180 valence electrons. The Kier molecular flexibility index (Phi) is 7.68. The Labute approximate surface area is 198 Å². The second-order valence-electron chi connectivity index (χ2n) is 9.13. The molecule has 0 atom stereocenters. The number of phenolic OH excluding ortho intramolecular Hbond substituents is 1. The van der Waals surface area contributed by atoms with Gasteiger partial charge in [0.2, 0.25) is 0 Å². The lowest BCUT2D eigenvalue weighted by Gasteiger charge is -2.18. The first-order chi connectivity index (χ1) is 16.1. The average molecular weight is 485 g/mol. The summed E-state index contributed by atoms with van der Waals surface area (Å²) in [5.41, 5.74) is -0.271. The molecule has 0 saturated carbocycles. The maximum Gasteiger partial charge on any atom is 0.340 e. The minimum absolute atomic E-state index is 0.0894. The molecule has 1 N–H and O–H groups in total. The first-order valence-electron chi connectivity index (χ1n) is 10.9. The summed E-state index contributed by atoms with van der Waals surface area (Å²) in [6.45, 7) is 10.7. The zero-order valence-electron chi connectivity index (χ0n) is 19.9. The van der Waals surface area contributed by atoms with Crippen molar-refractivity contribution in [2.75, 3.05) is 13.7 Å². The van der Waals surface area contributed by atoms with Gasteiger partial charge in [-0.2, -0.15) is 0 Å². The van der Waals surface area contributed by atoms with E-state index in [4.69, 9.17) is 4.74 Å². The lowest BCUT2D eigenvalue weighted by atomic mass is 10.1. The van der Waals surface area contributed by atoms with Crippen LogP contribution in [0.3, 0.4) is 0 Å². The molecule has 3 rings (SSSR count). The second kappa shape index (κ2) is 10.3. The molecular weight excluding hydrogens is 455 g/mol. The van der Waals surface area contributed by atoms with E-state index in [0.717, 1.165) is 13.2 Å². The Morgan fingerprint density at radius 1 is 1.26 bits per heavy atom. The topological polar surface area (TPSA) is 90.7 Å². The fourth-order valence-electron chi connectivity index (χ4n) is 3.48. The number of benzene rings is 2. The predicted octanol–water partition coefficient (Wildman–Crippen LogP) is 4.74. The smallest absolute Gasteiger partial charge is 0.340 e. The number of ether oxygens (including phenoxy) is 2. The maximum absolute atomic E-state index is 15.3. The van der Waals surface area contributed by atoms with Gasteiger partial charge in [0.15, 0.2) is 0 Å². The quantitative estimate of drug-likeness (QED) is 0.204. The van der Waals surface area contributed by atoms with Crippen LogP contribution in [-0.4, -0.2) is 42.4 Å². The van der Waals surface area contributed by atoms with Crippen molar-refractivity contribution in [2.24, 2.45) is 0 Å². The summed E-state index contributed by atoms with van der Waals surface area (Å²) >= 11 is 0. The normalized spacial score (nSPS) is 11.6. The van der Waals surface area contributed by atoms with Gasteiger partial charge in [-0.15, -0.1) is 6.58 Å². The highest BCUT2D eigenvalue weighted by Crippen LogP contribution is 2.30. The summed E-state index contributed by atoms with van der Waals surface area (Å²) in [6.07, 6.45) is 2.02. The van der Waals surface area contributed by atoms with Gasteiger partial charge in [-0.3, -0.25) is 9.36 Å². The number of hydrogen-bond donors (Lipinski definition) is 1. The SMILES string of the molecule is C=CCc1ccc2c(nc(-c3cccc(C(=O)OC)c3F)c(=O)n2COCC[Si](C)(C)C)c1O. The first-order valence-corrected chi connectivity index (χ1v) is 14.6. The first kappa shape index (κ1) is 25.3. The molecule has 1 aromatic heterocycles. The van der Waals surface area contributed by atoms with Crippen LogP contribution in [0.4, 0.5) is 4.39 Å². The molecule has 0 bridgehead atoms. The Morgan fingerprint density at radius 2 is 2.00 bits per heavy atom. The molecule has 1 heterocycles. The van der Waals surface area contributed by atoms with E-state index >= 15 is 4.39 Å². The predicted molar refractivity (Wildman–Crippen MR) is 132 cm³/mol. The molecule has 0 spiro atoms. The molecule has 7 nitrogen and oxygen atoms in total. The zero-order valence-corrected chi connectivity index (χ0v) is 20.9. The number of fused-ring (bicyclic) bond motifs is 1. The number of methoxy groups -OCH3 is 1. The minimum Gasteiger partial charge on any atom is -0.505 e. The molecule has 0 aliphatic rings. The molecule has 9 heteroatoms. The molecule has 0 aliphatic heterocycles. The van der Waals surface area contributed by atoms with Crippen LogP contribution >= 0.6 is 0 Å². The highest BCUT2D eigenvalue weighted by atomic mass is 28.3. The molecule has 3 aromatic rings. The monoisotopic (exact) mass is 484 g/mol. The number of esters is 1. The van der Waals surface area contributed by atoms with Crippen molar-refractivity contribution in [3.8, 4) is 17.0 Å². The number of nitrogens with zero attached hydrogens (tertiary/aromatic N) is 2. The number of carbonyl (C=O) groups excluding carboxylic acids is 1. The Morgan fingerprint density at radius 3 is 2.65 bits per heavy atom. The number of hydrogen-bond acceptors (Lipinski definition) is 6. The van der Waals surface area contributed by atoms with E-state index in [1.165, 1.54) is 22.8 Å². The largest absolute Gasteiger partial charge is 0.505 e. The van der Waals surface area contributed by atoms with E-state index in [0.29, 0.717) is 24.1 Å². The minimum atomic E-state index is -1.35. The van der Waals surface area contributed by atoms with E-state index in [-0.39, 0.29) is 34.8 Å². The third kappa shape index (κ3) is 5.26. The number of carbonyl (C=O) groups is 1. The maximum atomic E-state index is 15.3. The van der Waals surface area contributed by atoms with Gasteiger partial charge in [-0.25, -0.2) is 14.2 Å². The van der Waals surface area contributed by atoms with Gasteiger partial charge in [0, 0.05) is 25.8 Å². The molecule has 0 radical (unpaired) electrons. The average Bonchev–Trinajstić information content (AvgIpc) is 2.79. The lowest BCUT2D eigenvalue weighted by Crippen LogP contribution is -2.27. The Hall–Kier alpha value is -3.30. The van der Waals surface area contributed by atoms with Crippen LogP contribution in [-0.2, 0) is 22.6 Å². The molecule has 0 fully saturated rings. The van der Waals surface area contributed by atoms with Gasteiger partial charge in [-0.05, 0) is 30.7 Å². The van der Waals surface area contributed by atoms with Crippen LogP contribution in [0.5, 0.6) is 5.75 Å². The summed E-state index contributed by atoms with van der Waals surface area (Å²) < 4.78 is 27.0. The Bertz CT molecular complexity index is 1300. The fraction of sp³-hybridized carbons (Fsp3) is 0.320. The fourth-order valence-corrected chi connectivity index (χ4v) is 4.23. The van der Waals surface area contributed by atoms with Crippen molar-refractivity contribution in [1.29, 1.82) is 0 Å². The van der Waals surface area contributed by atoms with Crippen LogP contribution in [0, 0.1) is 5.82 Å². The van der Waals surface area contributed by atoms with Gasteiger partial charge in [0.1, 0.15) is 29.5 Å². The third-order valence-corrected chi connectivity index (χ3v) is 7.12. The standard InChI is InChI=1S/C25H29FN2O5Si/c1-6-8-16-11-12-19-22(23(16)29)27-21(17-9-7-10-18(20(17)26)25(31)32-2)24(30)28(19)15-33-13-14-34(3,4)5/h6-7,9-12,29H,1,8,13-15H2,2-5H3. The summed E-state index contributed by atoms with van der Waals surface area (Å²) in [5, 5.41) is 10.9.